The lowest BCUT2D eigenvalue weighted by atomic mass is 10.2. The molecule has 2 aromatic rings. The number of aromatic nitrogens is 1. The van der Waals surface area contributed by atoms with Crippen LogP contribution in [0.15, 0.2) is 12.1 Å². The van der Waals surface area contributed by atoms with Gasteiger partial charge in [-0.2, -0.15) is 0 Å². The molecule has 0 bridgehead atoms. The van der Waals surface area contributed by atoms with Crippen LogP contribution in [0, 0.1) is 11.8 Å². The number of thiazole rings is 1. The first-order valence-electron chi connectivity index (χ1n) is 4.02. The molecule has 3 nitrogen and oxygen atoms in total. The van der Waals surface area contributed by atoms with Crippen molar-refractivity contribution in [1.82, 2.24) is 4.98 Å². The van der Waals surface area contributed by atoms with E-state index in [0.29, 0.717) is 10.6 Å². The quantitative estimate of drug-likeness (QED) is 0.645. The van der Waals surface area contributed by atoms with Crippen molar-refractivity contribution >= 4 is 26.7 Å². The maximum atomic E-state index is 9.61. The summed E-state index contributed by atoms with van der Waals surface area (Å²) >= 11 is 1.35. The predicted octanol–water partition coefficient (Wildman–Crippen LogP) is 1.96. The highest BCUT2D eigenvalue weighted by atomic mass is 32.1. The molecule has 2 rings (SSSR count). The van der Waals surface area contributed by atoms with Gasteiger partial charge in [-0.1, -0.05) is 17.3 Å². The highest BCUT2D eigenvalue weighted by Gasteiger charge is 2.06. The fourth-order valence-corrected chi connectivity index (χ4v) is 2.04. The zero-order valence-corrected chi connectivity index (χ0v) is 8.35. The van der Waals surface area contributed by atoms with Crippen LogP contribution in [0.25, 0.3) is 10.2 Å². The van der Waals surface area contributed by atoms with Crippen molar-refractivity contribution in [3.8, 4) is 17.6 Å². The van der Waals surface area contributed by atoms with E-state index in [0.717, 1.165) is 10.3 Å². The predicted molar refractivity (Wildman–Crippen MR) is 58.2 cm³/mol. The van der Waals surface area contributed by atoms with Gasteiger partial charge in [0.25, 0.3) is 0 Å². The number of rotatable bonds is 0. The zero-order chi connectivity index (χ0) is 10.1. The molecule has 70 valence electrons. The van der Waals surface area contributed by atoms with E-state index in [1.54, 1.807) is 13.0 Å². The lowest BCUT2D eigenvalue weighted by molar-refractivity contribution is 0.480. The van der Waals surface area contributed by atoms with Crippen molar-refractivity contribution in [2.24, 2.45) is 0 Å². The van der Waals surface area contributed by atoms with Crippen LogP contribution in [0.3, 0.4) is 0 Å². The summed E-state index contributed by atoms with van der Waals surface area (Å²) in [5, 5.41) is 10.1. The Morgan fingerprint density at radius 2 is 2.29 bits per heavy atom. The van der Waals surface area contributed by atoms with Crippen molar-refractivity contribution in [2.45, 2.75) is 6.92 Å². The smallest absolute Gasteiger partial charge is 0.181 e. The fourth-order valence-electron chi connectivity index (χ4n) is 1.25. The molecule has 0 spiro atoms. The number of nitrogens with zero attached hydrogens (tertiary/aromatic N) is 1. The largest absolute Gasteiger partial charge is 0.506 e. The second kappa shape index (κ2) is 3.20. The summed E-state index contributed by atoms with van der Waals surface area (Å²) in [6.45, 7) is 1.75. The van der Waals surface area contributed by atoms with Crippen molar-refractivity contribution in [3.63, 3.8) is 0 Å². The van der Waals surface area contributed by atoms with E-state index in [2.05, 4.69) is 16.8 Å². The van der Waals surface area contributed by atoms with Gasteiger partial charge in [0, 0.05) is 5.56 Å². The number of aromatic hydroxyl groups is 1. The van der Waals surface area contributed by atoms with Crippen LogP contribution in [0.2, 0.25) is 0 Å². The molecule has 0 amide bonds. The first-order valence-corrected chi connectivity index (χ1v) is 4.84. The first-order chi connectivity index (χ1) is 6.70. The van der Waals surface area contributed by atoms with Crippen molar-refractivity contribution in [1.29, 1.82) is 0 Å². The Morgan fingerprint density at radius 3 is 3.00 bits per heavy atom. The Kier molecular flexibility index (Phi) is 2.02. The maximum absolute atomic E-state index is 9.61. The van der Waals surface area contributed by atoms with Gasteiger partial charge in [-0.25, -0.2) is 4.98 Å². The summed E-state index contributed by atoms with van der Waals surface area (Å²) in [5.41, 5.74) is 6.87. The van der Waals surface area contributed by atoms with Gasteiger partial charge in [0.15, 0.2) is 5.13 Å². The second-order valence-corrected chi connectivity index (χ2v) is 3.83. The van der Waals surface area contributed by atoms with Gasteiger partial charge in [0.05, 0.1) is 4.70 Å². The van der Waals surface area contributed by atoms with Gasteiger partial charge >= 0.3 is 0 Å². The van der Waals surface area contributed by atoms with E-state index in [1.165, 1.54) is 11.3 Å². The molecule has 0 atom stereocenters. The Labute approximate surface area is 85.2 Å². The van der Waals surface area contributed by atoms with Crippen LogP contribution >= 0.6 is 11.3 Å². The number of phenols is 1. The summed E-state index contributed by atoms with van der Waals surface area (Å²) in [4.78, 5) is 4.01. The molecule has 0 aliphatic carbocycles. The summed E-state index contributed by atoms with van der Waals surface area (Å²) in [5.74, 6) is 5.78. The van der Waals surface area contributed by atoms with Crippen LogP contribution < -0.4 is 5.73 Å². The van der Waals surface area contributed by atoms with Crippen LogP contribution in [0.5, 0.6) is 5.75 Å². The van der Waals surface area contributed by atoms with Crippen molar-refractivity contribution in [2.75, 3.05) is 5.73 Å². The number of phenolic OH excluding ortho intramolecular Hbond substituents is 1. The molecule has 3 N–H and O–H groups in total. The zero-order valence-electron chi connectivity index (χ0n) is 7.53. The average Bonchev–Trinajstić information content (AvgIpc) is 2.47. The Bertz CT molecular complexity index is 548. The van der Waals surface area contributed by atoms with Crippen molar-refractivity contribution < 1.29 is 5.11 Å². The summed E-state index contributed by atoms with van der Waals surface area (Å²) in [6.07, 6.45) is 0. The Morgan fingerprint density at radius 1 is 1.50 bits per heavy atom. The molecular weight excluding hydrogens is 196 g/mol. The Balaban J connectivity index is 2.75. The van der Waals surface area contributed by atoms with E-state index in [1.807, 2.05) is 6.07 Å². The van der Waals surface area contributed by atoms with Gasteiger partial charge in [0.2, 0.25) is 0 Å². The van der Waals surface area contributed by atoms with E-state index in [-0.39, 0.29) is 5.75 Å². The van der Waals surface area contributed by atoms with Crippen LogP contribution in [0.4, 0.5) is 5.13 Å². The summed E-state index contributed by atoms with van der Waals surface area (Å²) in [7, 11) is 0. The minimum Gasteiger partial charge on any atom is -0.506 e. The van der Waals surface area contributed by atoms with E-state index in [4.69, 9.17) is 5.73 Å². The lowest BCUT2D eigenvalue weighted by Crippen LogP contribution is -1.80. The Hall–Kier alpha value is -1.73. The van der Waals surface area contributed by atoms with Crippen molar-refractivity contribution in [3.05, 3.63) is 17.7 Å². The molecule has 0 aliphatic rings. The van der Waals surface area contributed by atoms with Gasteiger partial charge in [-0.3, -0.25) is 0 Å². The molecular formula is C10H8N2OS. The first kappa shape index (κ1) is 8.85. The second-order valence-electron chi connectivity index (χ2n) is 2.77. The molecule has 0 saturated heterocycles. The SMILES string of the molecule is CC#Cc1cc(O)c2nc(N)sc2c1. The highest BCUT2D eigenvalue weighted by molar-refractivity contribution is 7.22. The number of benzene rings is 1. The summed E-state index contributed by atoms with van der Waals surface area (Å²) < 4.78 is 0.861. The monoisotopic (exact) mass is 204 g/mol. The minimum absolute atomic E-state index is 0.133. The number of anilines is 1. The van der Waals surface area contributed by atoms with Gasteiger partial charge in [-0.15, -0.1) is 5.92 Å². The molecule has 0 fully saturated rings. The molecule has 14 heavy (non-hydrogen) atoms. The van der Waals surface area contributed by atoms with E-state index in [9.17, 15) is 5.11 Å². The molecule has 1 aromatic heterocycles. The lowest BCUT2D eigenvalue weighted by Gasteiger charge is -1.94. The number of nitrogen functional groups attached to an aromatic ring is 1. The van der Waals surface area contributed by atoms with E-state index < -0.39 is 0 Å². The van der Waals surface area contributed by atoms with Crippen LogP contribution in [0.1, 0.15) is 12.5 Å². The molecule has 0 unspecified atom stereocenters. The number of nitrogens with two attached hydrogens (primary N) is 1. The fraction of sp³-hybridized carbons (Fsp3) is 0.100. The van der Waals surface area contributed by atoms with Gasteiger partial charge in [0.1, 0.15) is 11.3 Å². The number of hydrogen-bond acceptors (Lipinski definition) is 4. The summed E-state index contributed by atoms with van der Waals surface area (Å²) in [6, 6.07) is 3.47. The normalized spacial score (nSPS) is 9.79. The van der Waals surface area contributed by atoms with Gasteiger partial charge in [-0.05, 0) is 19.1 Å². The van der Waals surface area contributed by atoms with Crippen LogP contribution in [-0.4, -0.2) is 10.1 Å². The number of fused-ring (bicyclic) bond motifs is 1. The molecule has 1 heterocycles. The molecule has 1 aromatic carbocycles. The molecule has 0 saturated carbocycles. The minimum atomic E-state index is 0.133. The third-order valence-corrected chi connectivity index (χ3v) is 2.59. The van der Waals surface area contributed by atoms with Gasteiger partial charge < -0.3 is 10.8 Å². The van der Waals surface area contributed by atoms with Crippen LogP contribution in [-0.2, 0) is 0 Å². The molecule has 4 heteroatoms. The average molecular weight is 204 g/mol. The maximum Gasteiger partial charge on any atom is 0.181 e. The molecule has 0 aliphatic heterocycles. The topological polar surface area (TPSA) is 59.1 Å². The highest BCUT2D eigenvalue weighted by Crippen LogP contribution is 2.31. The standard InChI is InChI=1S/C10H8N2OS/c1-2-3-6-4-7(13)9-8(5-6)14-10(11)12-9/h4-5,13H,1H3,(H2,11,12). The number of hydrogen-bond donors (Lipinski definition) is 2. The third kappa shape index (κ3) is 1.38. The van der Waals surface area contributed by atoms with E-state index >= 15 is 0 Å². The third-order valence-electron chi connectivity index (χ3n) is 1.76. The molecule has 0 radical (unpaired) electrons.